The van der Waals surface area contributed by atoms with Crippen LogP contribution in [0, 0.1) is 0 Å². The van der Waals surface area contributed by atoms with Crippen LogP contribution < -0.4 is 4.90 Å². The van der Waals surface area contributed by atoms with Gasteiger partial charge in [-0.2, -0.15) is 0 Å². The van der Waals surface area contributed by atoms with Crippen LogP contribution in [0.3, 0.4) is 0 Å². The topological polar surface area (TPSA) is 23.5 Å². The number of hydrogen-bond acceptors (Lipinski definition) is 3. The Hall–Kier alpha value is -0.830. The molecule has 0 atom stereocenters. The van der Waals surface area contributed by atoms with E-state index in [9.17, 15) is 5.11 Å². The third kappa shape index (κ3) is 0.959. The van der Waals surface area contributed by atoms with E-state index in [4.69, 9.17) is 0 Å². The summed E-state index contributed by atoms with van der Waals surface area (Å²) in [6.07, 6.45) is 0. The second-order valence-electron chi connectivity index (χ2n) is 2.60. The van der Waals surface area contributed by atoms with Crippen molar-refractivity contribution in [2.24, 2.45) is 0 Å². The van der Waals surface area contributed by atoms with E-state index in [2.05, 4.69) is 4.90 Å². The minimum absolute atomic E-state index is 0.384. The molecule has 0 unspecified atom stereocenters. The van der Waals surface area contributed by atoms with Gasteiger partial charge in [0.25, 0.3) is 0 Å². The number of para-hydroxylation sites is 1. The van der Waals surface area contributed by atoms with Crippen molar-refractivity contribution in [1.82, 2.24) is 0 Å². The standard InChI is InChI=1S/C8H9NOS/c1-9-5-11-7-4-2-3-6(10)8(7)9/h2-4,10H,5H2,1H3. The van der Waals surface area contributed by atoms with Gasteiger partial charge in [0.2, 0.25) is 0 Å². The molecule has 0 amide bonds. The fourth-order valence-corrected chi connectivity index (χ4v) is 2.28. The van der Waals surface area contributed by atoms with Crippen molar-refractivity contribution in [3.63, 3.8) is 0 Å². The summed E-state index contributed by atoms with van der Waals surface area (Å²) in [7, 11) is 1.98. The van der Waals surface area contributed by atoms with Gasteiger partial charge in [-0.3, -0.25) is 0 Å². The van der Waals surface area contributed by atoms with Crippen LogP contribution in [0.25, 0.3) is 0 Å². The van der Waals surface area contributed by atoms with Crippen LogP contribution >= 0.6 is 11.8 Å². The Labute approximate surface area is 69.8 Å². The van der Waals surface area contributed by atoms with Crippen LogP contribution in [0.5, 0.6) is 5.75 Å². The molecule has 0 aliphatic carbocycles. The predicted octanol–water partition coefficient (Wildman–Crippen LogP) is 1.89. The van der Waals surface area contributed by atoms with Crippen molar-refractivity contribution in [2.75, 3.05) is 17.8 Å². The van der Waals surface area contributed by atoms with Gasteiger partial charge in [-0.25, -0.2) is 0 Å². The minimum atomic E-state index is 0.384. The molecule has 0 spiro atoms. The zero-order valence-corrected chi connectivity index (χ0v) is 7.06. The molecule has 2 nitrogen and oxygen atoms in total. The van der Waals surface area contributed by atoms with E-state index in [1.165, 1.54) is 4.90 Å². The molecule has 2 rings (SSSR count). The summed E-state index contributed by atoms with van der Waals surface area (Å²) in [6.45, 7) is 0. The normalized spacial score (nSPS) is 15.2. The van der Waals surface area contributed by atoms with Gasteiger partial charge in [-0.1, -0.05) is 6.07 Å². The summed E-state index contributed by atoms with van der Waals surface area (Å²) in [5, 5.41) is 9.45. The Kier molecular flexibility index (Phi) is 1.46. The van der Waals surface area contributed by atoms with E-state index in [-0.39, 0.29) is 0 Å². The van der Waals surface area contributed by atoms with Gasteiger partial charge in [0.1, 0.15) is 5.75 Å². The van der Waals surface area contributed by atoms with Crippen molar-refractivity contribution in [1.29, 1.82) is 0 Å². The molecule has 3 heteroatoms. The van der Waals surface area contributed by atoms with Crippen molar-refractivity contribution in [2.45, 2.75) is 4.90 Å². The maximum absolute atomic E-state index is 9.45. The molecule has 58 valence electrons. The Balaban J connectivity index is 2.58. The zero-order chi connectivity index (χ0) is 7.84. The smallest absolute Gasteiger partial charge is 0.140 e. The third-order valence-electron chi connectivity index (χ3n) is 1.77. The first-order chi connectivity index (χ1) is 5.29. The molecule has 1 heterocycles. The molecule has 0 aromatic heterocycles. The summed E-state index contributed by atoms with van der Waals surface area (Å²) < 4.78 is 0. The lowest BCUT2D eigenvalue weighted by Crippen LogP contribution is -2.10. The zero-order valence-electron chi connectivity index (χ0n) is 6.24. The van der Waals surface area contributed by atoms with Gasteiger partial charge in [-0.15, -0.1) is 11.8 Å². The lowest BCUT2D eigenvalue weighted by atomic mass is 10.3. The summed E-state index contributed by atoms with van der Waals surface area (Å²) in [5.74, 6) is 1.32. The highest BCUT2D eigenvalue weighted by Gasteiger charge is 2.18. The van der Waals surface area contributed by atoms with Crippen LogP contribution in [0.15, 0.2) is 23.1 Å². The molecule has 1 aromatic carbocycles. The van der Waals surface area contributed by atoms with Gasteiger partial charge in [0.15, 0.2) is 0 Å². The lowest BCUT2D eigenvalue weighted by Gasteiger charge is -2.11. The van der Waals surface area contributed by atoms with E-state index in [0.717, 1.165) is 11.6 Å². The number of phenols is 1. The summed E-state index contributed by atoms with van der Waals surface area (Å²) in [6, 6.07) is 5.63. The Bertz CT molecular complexity index is 287. The molecule has 0 bridgehead atoms. The summed E-state index contributed by atoms with van der Waals surface area (Å²) in [5.41, 5.74) is 0.970. The SMILES string of the molecule is CN1CSc2cccc(O)c21. The minimum Gasteiger partial charge on any atom is -0.506 e. The first-order valence-corrected chi connectivity index (χ1v) is 4.43. The fourth-order valence-electron chi connectivity index (χ4n) is 1.24. The van der Waals surface area contributed by atoms with Crippen molar-refractivity contribution >= 4 is 17.4 Å². The fraction of sp³-hybridized carbons (Fsp3) is 0.250. The number of aromatic hydroxyl groups is 1. The molecule has 1 aliphatic heterocycles. The maximum atomic E-state index is 9.45. The van der Waals surface area contributed by atoms with Crippen molar-refractivity contribution in [3.05, 3.63) is 18.2 Å². The Morgan fingerprint density at radius 2 is 2.36 bits per heavy atom. The first-order valence-electron chi connectivity index (χ1n) is 3.45. The predicted molar refractivity (Wildman–Crippen MR) is 47.2 cm³/mol. The third-order valence-corrected chi connectivity index (χ3v) is 2.93. The van der Waals surface area contributed by atoms with Gasteiger partial charge in [0, 0.05) is 11.9 Å². The molecule has 1 N–H and O–H groups in total. The van der Waals surface area contributed by atoms with Gasteiger partial charge >= 0.3 is 0 Å². The molecule has 1 aromatic rings. The summed E-state index contributed by atoms with van der Waals surface area (Å²) in [4.78, 5) is 3.22. The Morgan fingerprint density at radius 1 is 1.55 bits per heavy atom. The monoisotopic (exact) mass is 167 g/mol. The first kappa shape index (κ1) is 6.85. The molecule has 0 saturated carbocycles. The number of fused-ring (bicyclic) bond motifs is 1. The molecular weight excluding hydrogens is 158 g/mol. The van der Waals surface area contributed by atoms with E-state index < -0.39 is 0 Å². The largest absolute Gasteiger partial charge is 0.506 e. The van der Waals surface area contributed by atoms with Crippen LogP contribution in [0.1, 0.15) is 0 Å². The molecular formula is C8H9NOS. The number of phenolic OH excluding ortho intramolecular Hbond substituents is 1. The maximum Gasteiger partial charge on any atom is 0.140 e. The molecule has 0 saturated heterocycles. The van der Waals surface area contributed by atoms with Crippen molar-refractivity contribution < 1.29 is 5.11 Å². The quantitative estimate of drug-likeness (QED) is 0.638. The van der Waals surface area contributed by atoms with E-state index in [1.54, 1.807) is 17.8 Å². The summed E-state index contributed by atoms with van der Waals surface area (Å²) >= 11 is 1.76. The average molecular weight is 167 g/mol. The molecule has 0 fully saturated rings. The van der Waals surface area contributed by atoms with E-state index in [0.29, 0.717) is 5.75 Å². The second kappa shape index (κ2) is 2.34. The highest BCUT2D eigenvalue weighted by Crippen LogP contribution is 2.42. The number of benzene rings is 1. The van der Waals surface area contributed by atoms with E-state index in [1.807, 2.05) is 19.2 Å². The molecule has 11 heavy (non-hydrogen) atoms. The van der Waals surface area contributed by atoms with Crippen LogP contribution in [-0.2, 0) is 0 Å². The number of hydrogen-bond donors (Lipinski definition) is 1. The lowest BCUT2D eigenvalue weighted by molar-refractivity contribution is 0.474. The van der Waals surface area contributed by atoms with E-state index >= 15 is 0 Å². The number of rotatable bonds is 0. The number of thioether (sulfide) groups is 1. The molecule has 1 aliphatic rings. The second-order valence-corrected chi connectivity index (χ2v) is 3.58. The highest BCUT2D eigenvalue weighted by molar-refractivity contribution is 7.99. The van der Waals surface area contributed by atoms with Gasteiger partial charge in [-0.05, 0) is 12.1 Å². The van der Waals surface area contributed by atoms with Crippen LogP contribution in [0.2, 0.25) is 0 Å². The Morgan fingerprint density at radius 3 is 3.09 bits per heavy atom. The van der Waals surface area contributed by atoms with Crippen LogP contribution in [0.4, 0.5) is 5.69 Å². The van der Waals surface area contributed by atoms with Gasteiger partial charge in [0.05, 0.1) is 11.6 Å². The van der Waals surface area contributed by atoms with Gasteiger partial charge < -0.3 is 10.0 Å². The average Bonchev–Trinajstić information content (AvgIpc) is 2.34. The van der Waals surface area contributed by atoms with Crippen LogP contribution in [-0.4, -0.2) is 18.0 Å². The highest BCUT2D eigenvalue weighted by atomic mass is 32.2. The molecule has 0 radical (unpaired) electrons. The van der Waals surface area contributed by atoms with Crippen molar-refractivity contribution in [3.8, 4) is 5.75 Å². The number of anilines is 1. The number of nitrogens with zero attached hydrogens (tertiary/aromatic N) is 1.